The first kappa shape index (κ1) is 14.2. The van der Waals surface area contributed by atoms with E-state index in [-0.39, 0.29) is 18.0 Å². The Labute approximate surface area is 113 Å². The van der Waals surface area contributed by atoms with Crippen LogP contribution in [0, 0.1) is 6.92 Å². The summed E-state index contributed by atoms with van der Waals surface area (Å²) < 4.78 is 37.2. The zero-order chi connectivity index (χ0) is 14.8. The van der Waals surface area contributed by atoms with Gasteiger partial charge in [0.25, 0.3) is 0 Å². The molecular weight excluding hydrogens is 269 g/mol. The second kappa shape index (κ2) is 5.40. The monoisotopic (exact) mass is 280 g/mol. The van der Waals surface area contributed by atoms with E-state index >= 15 is 0 Å². The highest BCUT2D eigenvalue weighted by Gasteiger charge is 2.30. The fraction of sp³-hybridized carbons (Fsp3) is 0.214. The van der Waals surface area contributed by atoms with Crippen LogP contribution in [0.25, 0.3) is 0 Å². The molecule has 0 aliphatic carbocycles. The minimum Gasteiger partial charge on any atom is -0.290 e. The summed E-state index contributed by atoms with van der Waals surface area (Å²) in [6.45, 7) is 1.80. The lowest BCUT2D eigenvalue weighted by atomic mass is 10.1. The number of aryl methyl sites for hydroxylation is 1. The van der Waals surface area contributed by atoms with Gasteiger partial charge in [-0.15, -0.1) is 0 Å². The fourth-order valence-corrected chi connectivity index (χ4v) is 1.61. The van der Waals surface area contributed by atoms with Crippen molar-refractivity contribution in [3.05, 3.63) is 59.2 Å². The van der Waals surface area contributed by atoms with Crippen LogP contribution in [0.5, 0.6) is 0 Å². The van der Waals surface area contributed by atoms with Gasteiger partial charge in [-0.2, -0.15) is 13.2 Å². The third-order valence-corrected chi connectivity index (χ3v) is 2.68. The van der Waals surface area contributed by atoms with Crippen LogP contribution in [0.3, 0.4) is 0 Å². The summed E-state index contributed by atoms with van der Waals surface area (Å²) in [5.41, 5.74) is 0.587. The van der Waals surface area contributed by atoms with Gasteiger partial charge < -0.3 is 0 Å². The molecule has 0 saturated heterocycles. The molecule has 0 bridgehead atoms. The van der Waals surface area contributed by atoms with Gasteiger partial charge in [0.2, 0.25) is 5.78 Å². The largest absolute Gasteiger partial charge is 0.416 e. The third kappa shape index (κ3) is 3.40. The Balaban J connectivity index is 2.10. The van der Waals surface area contributed by atoms with Crippen molar-refractivity contribution in [3.63, 3.8) is 0 Å². The van der Waals surface area contributed by atoms with Crippen molar-refractivity contribution in [3.8, 4) is 0 Å². The molecule has 0 aliphatic rings. The molecule has 6 heteroatoms. The molecule has 0 radical (unpaired) electrons. The Morgan fingerprint density at radius 2 is 1.65 bits per heavy atom. The summed E-state index contributed by atoms with van der Waals surface area (Å²) in [5.74, 6) is -0.264. The summed E-state index contributed by atoms with van der Waals surface area (Å²) in [4.78, 5) is 19.6. The molecule has 3 nitrogen and oxygen atoms in total. The number of alkyl halides is 3. The maximum atomic E-state index is 12.4. The molecule has 0 N–H and O–H groups in total. The highest BCUT2D eigenvalue weighted by atomic mass is 19.4. The van der Waals surface area contributed by atoms with Crippen molar-refractivity contribution in [2.45, 2.75) is 19.5 Å². The lowest BCUT2D eigenvalue weighted by Crippen LogP contribution is -2.09. The van der Waals surface area contributed by atoms with Crippen LogP contribution in [0.15, 0.2) is 36.7 Å². The molecule has 0 spiro atoms. The topological polar surface area (TPSA) is 42.9 Å². The molecule has 1 heterocycles. The summed E-state index contributed by atoms with van der Waals surface area (Å²) >= 11 is 0. The highest BCUT2D eigenvalue weighted by molar-refractivity contribution is 5.94. The molecule has 20 heavy (non-hydrogen) atoms. The zero-order valence-electron chi connectivity index (χ0n) is 10.6. The molecule has 0 amide bonds. The molecule has 104 valence electrons. The molecular formula is C14H11F3N2O. The van der Waals surface area contributed by atoms with E-state index in [1.807, 2.05) is 0 Å². The lowest BCUT2D eigenvalue weighted by molar-refractivity contribution is -0.137. The van der Waals surface area contributed by atoms with Crippen molar-refractivity contribution >= 4 is 5.78 Å². The quantitative estimate of drug-likeness (QED) is 0.811. The molecule has 2 aromatic rings. The molecule has 0 fully saturated rings. The van der Waals surface area contributed by atoms with Crippen molar-refractivity contribution in [2.24, 2.45) is 0 Å². The summed E-state index contributed by atoms with van der Waals surface area (Å²) in [6.07, 6.45) is -1.36. The standard InChI is InChI=1S/C14H11F3N2O/c1-9-7-18-13(19-8-9)12(20)6-10-2-4-11(5-3-10)14(15,16)17/h2-5,7-8H,6H2,1H3. The molecule has 1 aromatic carbocycles. The average Bonchev–Trinajstić information content (AvgIpc) is 2.39. The second-order valence-corrected chi connectivity index (χ2v) is 4.38. The molecule has 0 atom stereocenters. The van der Waals surface area contributed by atoms with Gasteiger partial charge in [0.1, 0.15) is 0 Å². The number of nitrogens with zero attached hydrogens (tertiary/aromatic N) is 2. The molecule has 0 unspecified atom stereocenters. The van der Waals surface area contributed by atoms with E-state index in [1.54, 1.807) is 6.92 Å². The van der Waals surface area contributed by atoms with Gasteiger partial charge in [-0.05, 0) is 30.2 Å². The van der Waals surface area contributed by atoms with Crippen LogP contribution in [-0.4, -0.2) is 15.8 Å². The Hall–Kier alpha value is -2.24. The zero-order valence-corrected chi connectivity index (χ0v) is 10.6. The Bertz CT molecular complexity index is 604. The number of hydrogen-bond acceptors (Lipinski definition) is 3. The molecule has 0 aliphatic heterocycles. The Morgan fingerprint density at radius 1 is 1.10 bits per heavy atom. The van der Waals surface area contributed by atoms with E-state index in [2.05, 4.69) is 9.97 Å². The number of hydrogen-bond donors (Lipinski definition) is 0. The van der Waals surface area contributed by atoms with E-state index in [0.717, 1.165) is 17.7 Å². The van der Waals surface area contributed by atoms with Gasteiger partial charge in [-0.1, -0.05) is 12.1 Å². The van der Waals surface area contributed by atoms with Crippen molar-refractivity contribution < 1.29 is 18.0 Å². The minimum atomic E-state index is -4.37. The number of ketones is 1. The van der Waals surface area contributed by atoms with Crippen molar-refractivity contribution in [1.29, 1.82) is 0 Å². The van der Waals surface area contributed by atoms with Crippen LogP contribution >= 0.6 is 0 Å². The van der Waals surface area contributed by atoms with E-state index in [1.165, 1.54) is 24.5 Å². The van der Waals surface area contributed by atoms with Crippen LogP contribution in [0.2, 0.25) is 0 Å². The first-order valence-electron chi connectivity index (χ1n) is 5.84. The maximum absolute atomic E-state index is 12.4. The van der Waals surface area contributed by atoms with E-state index in [0.29, 0.717) is 5.56 Å². The van der Waals surface area contributed by atoms with Crippen molar-refractivity contribution in [2.75, 3.05) is 0 Å². The van der Waals surface area contributed by atoms with Gasteiger partial charge >= 0.3 is 6.18 Å². The number of Topliss-reactive ketones (excluding diaryl/α,β-unsaturated/α-hetero) is 1. The molecule has 0 saturated carbocycles. The highest BCUT2D eigenvalue weighted by Crippen LogP contribution is 2.29. The van der Waals surface area contributed by atoms with Crippen LogP contribution in [0.1, 0.15) is 27.3 Å². The average molecular weight is 280 g/mol. The predicted molar refractivity (Wildman–Crippen MR) is 66.2 cm³/mol. The number of carbonyl (C=O) groups is 1. The normalized spacial score (nSPS) is 11.4. The fourth-order valence-electron chi connectivity index (χ4n) is 1.61. The number of benzene rings is 1. The Kier molecular flexibility index (Phi) is 3.83. The van der Waals surface area contributed by atoms with E-state index in [9.17, 15) is 18.0 Å². The summed E-state index contributed by atoms with van der Waals surface area (Å²) in [5, 5.41) is 0. The van der Waals surface area contributed by atoms with Crippen LogP contribution < -0.4 is 0 Å². The van der Waals surface area contributed by atoms with E-state index in [4.69, 9.17) is 0 Å². The third-order valence-electron chi connectivity index (χ3n) is 2.68. The van der Waals surface area contributed by atoms with Crippen molar-refractivity contribution in [1.82, 2.24) is 9.97 Å². The summed E-state index contributed by atoms with van der Waals surface area (Å²) in [6, 6.07) is 4.49. The lowest BCUT2D eigenvalue weighted by Gasteiger charge is -2.07. The van der Waals surface area contributed by atoms with Gasteiger partial charge in [0.15, 0.2) is 5.82 Å². The predicted octanol–water partition coefficient (Wildman–Crippen LogP) is 3.23. The number of rotatable bonds is 3. The minimum absolute atomic E-state index is 0.0266. The summed E-state index contributed by atoms with van der Waals surface area (Å²) in [7, 11) is 0. The van der Waals surface area contributed by atoms with Gasteiger partial charge in [-0.25, -0.2) is 9.97 Å². The van der Waals surface area contributed by atoms with Gasteiger partial charge in [0, 0.05) is 18.8 Å². The smallest absolute Gasteiger partial charge is 0.290 e. The first-order chi connectivity index (χ1) is 9.36. The van der Waals surface area contributed by atoms with Gasteiger partial charge in [-0.3, -0.25) is 4.79 Å². The number of carbonyl (C=O) groups excluding carboxylic acids is 1. The van der Waals surface area contributed by atoms with Crippen LogP contribution in [0.4, 0.5) is 13.2 Å². The van der Waals surface area contributed by atoms with Crippen LogP contribution in [-0.2, 0) is 12.6 Å². The second-order valence-electron chi connectivity index (χ2n) is 4.38. The SMILES string of the molecule is Cc1cnc(C(=O)Cc2ccc(C(F)(F)F)cc2)nc1. The molecule has 2 rings (SSSR count). The van der Waals surface area contributed by atoms with Gasteiger partial charge in [0.05, 0.1) is 5.56 Å². The maximum Gasteiger partial charge on any atom is 0.416 e. The first-order valence-corrected chi connectivity index (χ1v) is 5.84. The Morgan fingerprint density at radius 3 is 2.15 bits per heavy atom. The molecule has 1 aromatic heterocycles. The number of halogens is 3. The number of aromatic nitrogens is 2. The van der Waals surface area contributed by atoms with E-state index < -0.39 is 11.7 Å².